The predicted octanol–water partition coefficient (Wildman–Crippen LogP) is 2.48. The number of carbonyl (C=O) groups is 2. The van der Waals surface area contributed by atoms with Crippen molar-refractivity contribution in [3.8, 4) is 0 Å². The molecule has 0 saturated heterocycles. The molecule has 4 nitrogen and oxygen atoms in total. The molecule has 0 spiro atoms. The maximum Gasteiger partial charge on any atom is 0.254 e. The molecule has 0 aliphatic rings. The summed E-state index contributed by atoms with van der Waals surface area (Å²) in [7, 11) is 0. The Morgan fingerprint density at radius 3 is 2.65 bits per heavy atom. The highest BCUT2D eigenvalue weighted by Gasteiger charge is 2.13. The van der Waals surface area contributed by atoms with E-state index in [1.165, 1.54) is 12.1 Å². The van der Waals surface area contributed by atoms with Crippen LogP contribution in [0.2, 0.25) is 0 Å². The van der Waals surface area contributed by atoms with Crippen molar-refractivity contribution in [1.82, 2.24) is 10.6 Å². The number of benzene rings is 1. The van der Waals surface area contributed by atoms with Gasteiger partial charge in [0.2, 0.25) is 5.91 Å². The molecule has 1 aromatic carbocycles. The van der Waals surface area contributed by atoms with Crippen molar-refractivity contribution in [1.29, 1.82) is 0 Å². The maximum absolute atomic E-state index is 13.7. The minimum atomic E-state index is -0.603. The van der Waals surface area contributed by atoms with Crippen LogP contribution in [0.15, 0.2) is 22.7 Å². The largest absolute Gasteiger partial charge is 0.356 e. The third-order valence-corrected chi connectivity index (χ3v) is 3.15. The molecule has 0 aromatic heterocycles. The summed E-state index contributed by atoms with van der Waals surface area (Å²) in [4.78, 5) is 23.2. The van der Waals surface area contributed by atoms with Crippen LogP contribution >= 0.6 is 15.9 Å². The van der Waals surface area contributed by atoms with Gasteiger partial charge in [-0.25, -0.2) is 4.39 Å². The van der Waals surface area contributed by atoms with Crippen molar-refractivity contribution in [2.45, 2.75) is 20.3 Å². The molecule has 0 aliphatic heterocycles. The van der Waals surface area contributed by atoms with Crippen LogP contribution in [0.25, 0.3) is 0 Å². The number of amides is 2. The molecular weight excluding hydrogens is 327 g/mol. The van der Waals surface area contributed by atoms with Crippen molar-refractivity contribution < 1.29 is 14.0 Å². The Morgan fingerprint density at radius 1 is 1.30 bits per heavy atom. The van der Waals surface area contributed by atoms with Gasteiger partial charge in [-0.05, 0) is 34.0 Å². The summed E-state index contributed by atoms with van der Waals surface area (Å²) in [6, 6.07) is 4.50. The second-order valence-electron chi connectivity index (χ2n) is 4.81. The molecule has 110 valence electrons. The Bertz CT molecular complexity index is 492. The van der Waals surface area contributed by atoms with Crippen LogP contribution in [-0.4, -0.2) is 24.9 Å². The molecule has 0 atom stereocenters. The summed E-state index contributed by atoms with van der Waals surface area (Å²) in [5, 5.41) is 5.27. The summed E-state index contributed by atoms with van der Waals surface area (Å²) < 4.78 is 13.9. The lowest BCUT2D eigenvalue weighted by Crippen LogP contribution is -2.32. The molecule has 0 bridgehead atoms. The number of hydrogen-bond donors (Lipinski definition) is 2. The quantitative estimate of drug-likeness (QED) is 0.832. The van der Waals surface area contributed by atoms with E-state index in [1.807, 2.05) is 13.8 Å². The topological polar surface area (TPSA) is 58.2 Å². The number of carbonyl (C=O) groups excluding carboxylic acids is 2. The maximum atomic E-state index is 13.7. The van der Waals surface area contributed by atoms with Gasteiger partial charge < -0.3 is 10.6 Å². The number of halogens is 2. The molecule has 6 heteroatoms. The van der Waals surface area contributed by atoms with Crippen LogP contribution in [0.5, 0.6) is 0 Å². The van der Waals surface area contributed by atoms with Gasteiger partial charge in [-0.3, -0.25) is 9.59 Å². The summed E-state index contributed by atoms with van der Waals surface area (Å²) in [6.45, 7) is 4.78. The fraction of sp³-hybridized carbons (Fsp3) is 0.429. The first kappa shape index (κ1) is 16.6. The number of nitrogens with one attached hydrogen (secondary N) is 2. The van der Waals surface area contributed by atoms with Crippen molar-refractivity contribution in [3.05, 3.63) is 34.1 Å². The number of hydrogen-bond acceptors (Lipinski definition) is 2. The second-order valence-corrected chi connectivity index (χ2v) is 5.66. The van der Waals surface area contributed by atoms with Gasteiger partial charge in [-0.1, -0.05) is 19.9 Å². The van der Waals surface area contributed by atoms with Gasteiger partial charge in [0.1, 0.15) is 5.82 Å². The van der Waals surface area contributed by atoms with Gasteiger partial charge >= 0.3 is 0 Å². The van der Waals surface area contributed by atoms with E-state index in [0.29, 0.717) is 12.5 Å². The summed E-state index contributed by atoms with van der Waals surface area (Å²) in [6.07, 6.45) is 0.175. The molecule has 0 unspecified atom stereocenters. The lowest BCUT2D eigenvalue weighted by atomic mass is 10.2. The molecule has 1 aromatic rings. The first-order valence-electron chi connectivity index (χ1n) is 6.40. The highest BCUT2D eigenvalue weighted by molar-refractivity contribution is 9.10. The zero-order valence-corrected chi connectivity index (χ0v) is 13.1. The third kappa shape index (κ3) is 5.28. The van der Waals surface area contributed by atoms with E-state index in [9.17, 15) is 14.0 Å². The fourth-order valence-corrected chi connectivity index (χ4v) is 1.84. The predicted molar refractivity (Wildman–Crippen MR) is 78.9 cm³/mol. The zero-order chi connectivity index (χ0) is 15.1. The Kier molecular flexibility index (Phi) is 6.64. The van der Waals surface area contributed by atoms with E-state index in [0.717, 1.165) is 0 Å². The van der Waals surface area contributed by atoms with Crippen LogP contribution in [-0.2, 0) is 4.79 Å². The average molecular weight is 345 g/mol. The highest BCUT2D eigenvalue weighted by atomic mass is 79.9. The normalized spacial score (nSPS) is 10.4. The summed E-state index contributed by atoms with van der Waals surface area (Å²) >= 11 is 3.02. The standard InChI is InChI=1S/C14H18BrFN2O2/c1-9(2)8-18-12(19)6-7-17-14(20)10-4-3-5-11(15)13(10)16/h3-5,9H,6-8H2,1-2H3,(H,17,20)(H,18,19). The van der Waals surface area contributed by atoms with Crippen molar-refractivity contribution >= 4 is 27.7 Å². The Hall–Kier alpha value is -1.43. The molecule has 0 aliphatic carbocycles. The molecule has 0 heterocycles. The van der Waals surface area contributed by atoms with E-state index in [2.05, 4.69) is 26.6 Å². The first-order valence-corrected chi connectivity index (χ1v) is 7.20. The molecule has 0 fully saturated rings. The second kappa shape index (κ2) is 7.99. The minimum Gasteiger partial charge on any atom is -0.356 e. The molecule has 2 amide bonds. The molecule has 2 N–H and O–H groups in total. The van der Waals surface area contributed by atoms with Crippen LogP contribution in [0.3, 0.4) is 0 Å². The monoisotopic (exact) mass is 344 g/mol. The minimum absolute atomic E-state index is 0.0398. The highest BCUT2D eigenvalue weighted by Crippen LogP contribution is 2.18. The van der Waals surface area contributed by atoms with Gasteiger partial charge in [0, 0.05) is 19.5 Å². The molecule has 1 rings (SSSR count). The van der Waals surface area contributed by atoms with Crippen molar-refractivity contribution in [2.75, 3.05) is 13.1 Å². The van der Waals surface area contributed by atoms with E-state index in [-0.39, 0.29) is 28.9 Å². The Morgan fingerprint density at radius 2 is 2.00 bits per heavy atom. The lowest BCUT2D eigenvalue weighted by molar-refractivity contribution is -0.121. The van der Waals surface area contributed by atoms with Crippen LogP contribution in [0.1, 0.15) is 30.6 Å². The SMILES string of the molecule is CC(C)CNC(=O)CCNC(=O)c1cccc(Br)c1F. The van der Waals surface area contributed by atoms with Crippen molar-refractivity contribution in [3.63, 3.8) is 0 Å². The van der Waals surface area contributed by atoms with Gasteiger partial charge in [0.25, 0.3) is 5.91 Å². The summed E-state index contributed by atoms with van der Waals surface area (Å²) in [5.74, 6) is -0.882. The number of rotatable bonds is 6. The van der Waals surface area contributed by atoms with E-state index in [1.54, 1.807) is 6.07 Å². The van der Waals surface area contributed by atoms with Gasteiger partial charge in [0.05, 0.1) is 10.0 Å². The van der Waals surface area contributed by atoms with E-state index < -0.39 is 11.7 Å². The smallest absolute Gasteiger partial charge is 0.254 e. The van der Waals surface area contributed by atoms with Crippen LogP contribution < -0.4 is 10.6 Å². The molecule has 0 saturated carbocycles. The van der Waals surface area contributed by atoms with Gasteiger partial charge in [0.15, 0.2) is 0 Å². The first-order chi connectivity index (χ1) is 9.41. The average Bonchev–Trinajstić information content (AvgIpc) is 2.39. The van der Waals surface area contributed by atoms with Crippen molar-refractivity contribution in [2.24, 2.45) is 5.92 Å². The van der Waals surface area contributed by atoms with Crippen LogP contribution in [0, 0.1) is 11.7 Å². The third-order valence-electron chi connectivity index (χ3n) is 2.54. The molecular formula is C14H18BrFN2O2. The van der Waals surface area contributed by atoms with Crippen LogP contribution in [0.4, 0.5) is 4.39 Å². The molecule has 20 heavy (non-hydrogen) atoms. The van der Waals surface area contributed by atoms with E-state index in [4.69, 9.17) is 0 Å². The lowest BCUT2D eigenvalue weighted by Gasteiger charge is -2.09. The fourth-order valence-electron chi connectivity index (χ4n) is 1.47. The molecule has 0 radical (unpaired) electrons. The Labute approximate surface area is 126 Å². The van der Waals surface area contributed by atoms with Gasteiger partial charge in [-0.15, -0.1) is 0 Å². The zero-order valence-electron chi connectivity index (χ0n) is 11.5. The van der Waals surface area contributed by atoms with E-state index >= 15 is 0 Å². The van der Waals surface area contributed by atoms with Gasteiger partial charge in [-0.2, -0.15) is 0 Å². The Balaban J connectivity index is 2.40. The summed E-state index contributed by atoms with van der Waals surface area (Å²) in [5.41, 5.74) is -0.0398.